The monoisotopic (exact) mass is 351 g/mol. The molecule has 1 N–H and O–H groups in total. The Morgan fingerprint density at radius 2 is 2.00 bits per heavy atom. The Hall–Kier alpha value is -2.86. The molecule has 0 bridgehead atoms. The molecule has 2 aliphatic heterocycles. The van der Waals surface area contributed by atoms with Gasteiger partial charge >= 0.3 is 0 Å². The Labute approximate surface area is 152 Å². The summed E-state index contributed by atoms with van der Waals surface area (Å²) in [5.41, 5.74) is 5.31. The van der Waals surface area contributed by atoms with Gasteiger partial charge in [-0.25, -0.2) is 4.39 Å². The fourth-order valence-corrected chi connectivity index (χ4v) is 3.39. The van der Waals surface area contributed by atoms with Crippen LogP contribution in [-0.4, -0.2) is 45.7 Å². The van der Waals surface area contributed by atoms with Gasteiger partial charge in [-0.15, -0.1) is 0 Å². The lowest BCUT2D eigenvalue weighted by atomic mass is 10.1. The van der Waals surface area contributed by atoms with Crippen LogP contribution in [0, 0.1) is 5.82 Å². The van der Waals surface area contributed by atoms with Gasteiger partial charge in [-0.1, -0.05) is 12.1 Å². The van der Waals surface area contributed by atoms with Crippen LogP contribution in [0.5, 0.6) is 0 Å². The summed E-state index contributed by atoms with van der Waals surface area (Å²) in [6.07, 6.45) is 12.1. The SMILES string of the molecule is CN(C)Cc1cc(F)cc(CN2C=C3C=CC(c4cn[nH]c4)=CN3C2)c1. The van der Waals surface area contributed by atoms with Crippen molar-refractivity contribution in [1.29, 1.82) is 0 Å². The van der Waals surface area contributed by atoms with Crippen LogP contribution < -0.4 is 0 Å². The minimum Gasteiger partial charge on any atom is -0.353 e. The lowest BCUT2D eigenvalue weighted by Gasteiger charge is -2.22. The Morgan fingerprint density at radius 3 is 2.77 bits per heavy atom. The molecule has 6 heteroatoms. The Bertz CT molecular complexity index is 880. The van der Waals surface area contributed by atoms with Crippen LogP contribution in [0.1, 0.15) is 16.7 Å². The number of H-pyrrole nitrogens is 1. The number of nitrogens with zero attached hydrogens (tertiary/aromatic N) is 4. The molecule has 0 aliphatic carbocycles. The molecule has 0 atom stereocenters. The van der Waals surface area contributed by atoms with E-state index in [1.165, 1.54) is 0 Å². The van der Waals surface area contributed by atoms with Crippen molar-refractivity contribution in [1.82, 2.24) is 24.9 Å². The van der Waals surface area contributed by atoms with Crippen LogP contribution in [-0.2, 0) is 13.1 Å². The van der Waals surface area contributed by atoms with E-state index >= 15 is 0 Å². The molecule has 0 saturated carbocycles. The smallest absolute Gasteiger partial charge is 0.123 e. The fourth-order valence-electron chi connectivity index (χ4n) is 3.39. The summed E-state index contributed by atoms with van der Waals surface area (Å²) in [6.45, 7) is 2.17. The van der Waals surface area contributed by atoms with Gasteiger partial charge < -0.3 is 14.7 Å². The van der Waals surface area contributed by atoms with Gasteiger partial charge in [0.1, 0.15) is 5.82 Å². The van der Waals surface area contributed by atoms with Gasteiger partial charge in [0.2, 0.25) is 0 Å². The third-order valence-corrected chi connectivity index (χ3v) is 4.44. The topological polar surface area (TPSA) is 38.4 Å². The molecule has 2 aliphatic rings. The molecular weight excluding hydrogens is 329 g/mol. The summed E-state index contributed by atoms with van der Waals surface area (Å²) in [6, 6.07) is 5.32. The standard InChI is InChI=1S/C20H22FN5/c1-24(2)10-15-5-16(7-19(21)6-15)11-25-13-20-4-3-17(12-26(20)14-25)18-8-22-23-9-18/h3-9,12-13H,10-11,14H2,1-2H3,(H,22,23). The highest BCUT2D eigenvalue weighted by Crippen LogP contribution is 2.28. The second-order valence-corrected chi connectivity index (χ2v) is 7.02. The van der Waals surface area contributed by atoms with E-state index in [0.29, 0.717) is 6.54 Å². The number of aromatic nitrogens is 2. The summed E-state index contributed by atoms with van der Waals surface area (Å²) in [4.78, 5) is 6.44. The summed E-state index contributed by atoms with van der Waals surface area (Å²) in [5, 5.41) is 6.85. The largest absolute Gasteiger partial charge is 0.353 e. The van der Waals surface area contributed by atoms with Crippen LogP contribution in [0.3, 0.4) is 0 Å². The van der Waals surface area contributed by atoms with Crippen molar-refractivity contribution in [2.45, 2.75) is 13.1 Å². The second-order valence-electron chi connectivity index (χ2n) is 7.02. The van der Waals surface area contributed by atoms with Crippen molar-refractivity contribution in [2.24, 2.45) is 0 Å². The second kappa shape index (κ2) is 6.80. The van der Waals surface area contributed by atoms with Gasteiger partial charge in [0.05, 0.1) is 18.6 Å². The minimum absolute atomic E-state index is 0.175. The molecule has 5 nitrogen and oxygen atoms in total. The molecule has 134 valence electrons. The van der Waals surface area contributed by atoms with Crippen LogP contribution in [0.25, 0.3) is 5.57 Å². The van der Waals surface area contributed by atoms with E-state index in [0.717, 1.165) is 41.2 Å². The van der Waals surface area contributed by atoms with E-state index in [2.05, 4.69) is 50.6 Å². The van der Waals surface area contributed by atoms with E-state index in [1.54, 1.807) is 12.1 Å². The van der Waals surface area contributed by atoms with Crippen molar-refractivity contribution in [2.75, 3.05) is 20.8 Å². The maximum Gasteiger partial charge on any atom is 0.123 e. The van der Waals surface area contributed by atoms with Crippen molar-refractivity contribution < 1.29 is 4.39 Å². The zero-order valence-electron chi connectivity index (χ0n) is 15.0. The lowest BCUT2D eigenvalue weighted by molar-refractivity contribution is 0.303. The van der Waals surface area contributed by atoms with E-state index in [-0.39, 0.29) is 5.82 Å². The third kappa shape index (κ3) is 3.55. The molecular formula is C20H22FN5. The molecule has 0 spiro atoms. The number of halogens is 1. The highest BCUT2D eigenvalue weighted by atomic mass is 19.1. The molecule has 0 unspecified atom stereocenters. The summed E-state index contributed by atoms with van der Waals surface area (Å²) in [7, 11) is 3.98. The number of aromatic amines is 1. The molecule has 1 aromatic carbocycles. The molecule has 26 heavy (non-hydrogen) atoms. The van der Waals surface area contributed by atoms with Crippen molar-refractivity contribution in [3.63, 3.8) is 0 Å². The third-order valence-electron chi connectivity index (χ3n) is 4.44. The van der Waals surface area contributed by atoms with Gasteiger partial charge in [0, 0.05) is 42.8 Å². The molecule has 0 saturated heterocycles. The fraction of sp³-hybridized carbons (Fsp3) is 0.250. The van der Waals surface area contributed by atoms with Gasteiger partial charge in [-0.2, -0.15) is 5.10 Å². The zero-order valence-corrected chi connectivity index (χ0v) is 15.0. The first kappa shape index (κ1) is 16.6. The van der Waals surface area contributed by atoms with Crippen LogP contribution in [0.2, 0.25) is 0 Å². The maximum atomic E-state index is 14.0. The minimum atomic E-state index is -0.175. The van der Waals surface area contributed by atoms with Crippen LogP contribution in [0.4, 0.5) is 4.39 Å². The van der Waals surface area contributed by atoms with E-state index < -0.39 is 0 Å². The van der Waals surface area contributed by atoms with Crippen molar-refractivity contribution >= 4 is 5.57 Å². The van der Waals surface area contributed by atoms with Gasteiger partial charge in [0.25, 0.3) is 0 Å². The summed E-state index contributed by atoms with van der Waals surface area (Å²) < 4.78 is 14.0. The Balaban J connectivity index is 1.48. The van der Waals surface area contributed by atoms with Crippen molar-refractivity contribution in [3.8, 4) is 0 Å². The molecule has 4 rings (SSSR count). The number of fused-ring (bicyclic) bond motifs is 1. The molecule has 0 radical (unpaired) electrons. The predicted octanol–water partition coefficient (Wildman–Crippen LogP) is 3.14. The van der Waals surface area contributed by atoms with E-state index in [9.17, 15) is 4.39 Å². The van der Waals surface area contributed by atoms with Crippen LogP contribution in [0.15, 0.2) is 60.8 Å². The van der Waals surface area contributed by atoms with Gasteiger partial charge in [0.15, 0.2) is 0 Å². The van der Waals surface area contributed by atoms with Gasteiger partial charge in [-0.3, -0.25) is 5.10 Å². The number of allylic oxidation sites excluding steroid dienone is 3. The molecule has 1 aromatic heterocycles. The lowest BCUT2D eigenvalue weighted by Crippen LogP contribution is -2.23. The maximum absolute atomic E-state index is 14.0. The number of benzene rings is 1. The normalized spacial score (nSPS) is 16.2. The average molecular weight is 351 g/mol. The quantitative estimate of drug-likeness (QED) is 0.898. The average Bonchev–Trinajstić information content (AvgIpc) is 3.21. The molecule has 0 amide bonds. The molecule has 3 heterocycles. The Morgan fingerprint density at radius 1 is 1.15 bits per heavy atom. The number of nitrogens with one attached hydrogen (secondary N) is 1. The number of hydrogen-bond acceptors (Lipinski definition) is 4. The van der Waals surface area contributed by atoms with E-state index in [4.69, 9.17) is 0 Å². The molecule has 0 fully saturated rings. The van der Waals surface area contributed by atoms with Crippen LogP contribution >= 0.6 is 0 Å². The van der Waals surface area contributed by atoms with Gasteiger partial charge in [-0.05, 0) is 43.4 Å². The molecule has 2 aromatic rings. The first-order valence-electron chi connectivity index (χ1n) is 8.61. The predicted molar refractivity (Wildman–Crippen MR) is 99.8 cm³/mol. The zero-order chi connectivity index (χ0) is 18.1. The summed E-state index contributed by atoms with van der Waals surface area (Å²) >= 11 is 0. The summed E-state index contributed by atoms with van der Waals surface area (Å²) in [5.74, 6) is -0.175. The first-order valence-corrected chi connectivity index (χ1v) is 8.61. The van der Waals surface area contributed by atoms with Crippen molar-refractivity contribution in [3.05, 3.63) is 83.3 Å². The Kier molecular flexibility index (Phi) is 4.34. The number of hydrogen-bond donors (Lipinski definition) is 1. The highest BCUT2D eigenvalue weighted by Gasteiger charge is 2.21. The number of rotatable bonds is 5. The first-order chi connectivity index (χ1) is 12.6. The van der Waals surface area contributed by atoms with E-state index in [1.807, 2.05) is 31.4 Å². The highest BCUT2D eigenvalue weighted by molar-refractivity contribution is 5.75.